The number of aliphatic imine (C=N–C) groups is 1. The average molecular weight is 404 g/mol. The quantitative estimate of drug-likeness (QED) is 0.703. The van der Waals surface area contributed by atoms with Crippen LogP contribution in [-0.4, -0.2) is 33.0 Å². The minimum absolute atomic E-state index is 0.265. The highest BCUT2D eigenvalue weighted by atomic mass is 32.2. The minimum atomic E-state index is -4.49. The molecule has 4 nitrogen and oxygen atoms in total. The summed E-state index contributed by atoms with van der Waals surface area (Å²) in [5.74, 6) is 1.41. The van der Waals surface area contributed by atoms with Gasteiger partial charge in [0.25, 0.3) is 0 Å². The molecule has 8 heteroatoms. The van der Waals surface area contributed by atoms with Crippen molar-refractivity contribution >= 4 is 34.6 Å². The second kappa shape index (κ2) is 8.18. The van der Waals surface area contributed by atoms with E-state index in [1.165, 1.54) is 6.20 Å². The lowest BCUT2D eigenvalue weighted by Gasteiger charge is -2.08. The molecule has 1 aliphatic rings. The Bertz CT molecular complexity index is 1040. The zero-order valence-electron chi connectivity index (χ0n) is 15.7. The Morgan fingerprint density at radius 3 is 2.71 bits per heavy atom. The molecule has 0 spiro atoms. The summed E-state index contributed by atoms with van der Waals surface area (Å²) in [5, 5.41) is 0. The van der Waals surface area contributed by atoms with Gasteiger partial charge in [-0.3, -0.25) is 4.99 Å². The maximum absolute atomic E-state index is 12.9. The third kappa shape index (κ3) is 4.27. The van der Waals surface area contributed by atoms with E-state index < -0.39 is 11.9 Å². The highest BCUT2D eigenvalue weighted by Gasteiger charge is 2.33. The van der Waals surface area contributed by atoms with Gasteiger partial charge in [0.2, 0.25) is 0 Å². The average Bonchev–Trinajstić information content (AvgIpc) is 2.97. The third-order valence-corrected chi connectivity index (χ3v) is 5.01. The van der Waals surface area contributed by atoms with E-state index in [2.05, 4.69) is 15.0 Å². The van der Waals surface area contributed by atoms with E-state index in [-0.39, 0.29) is 5.52 Å². The van der Waals surface area contributed by atoms with Crippen molar-refractivity contribution in [1.29, 1.82) is 0 Å². The monoisotopic (exact) mass is 404 g/mol. The standard InChI is InChI=1S/C20H19F3N4S/c1-4-28-14(9-13-7-5-6-8-15(13)24-2)10-19-26-16-11-18(20(21,22)23)25-12-17(16)27(19)3/h5-12H,4H2,1-3H3/b13-9-,14-10-,24-15-. The molecule has 0 fully saturated rings. The number of imidazole rings is 1. The van der Waals surface area contributed by atoms with Crippen LogP contribution in [-0.2, 0) is 13.2 Å². The van der Waals surface area contributed by atoms with Gasteiger partial charge in [0.05, 0.1) is 22.9 Å². The number of aryl methyl sites for hydroxylation is 1. The molecule has 0 atom stereocenters. The molecule has 0 amide bonds. The molecule has 2 aromatic rings. The van der Waals surface area contributed by atoms with Gasteiger partial charge in [-0.1, -0.05) is 25.2 Å². The molecule has 0 bridgehead atoms. The van der Waals surface area contributed by atoms with Gasteiger partial charge in [0, 0.05) is 24.6 Å². The molecule has 2 heterocycles. The second-order valence-corrected chi connectivity index (χ2v) is 7.33. The van der Waals surface area contributed by atoms with Gasteiger partial charge in [0.1, 0.15) is 11.5 Å². The predicted molar refractivity (Wildman–Crippen MR) is 109 cm³/mol. The number of pyridine rings is 1. The fraction of sp³-hybridized carbons (Fsp3) is 0.250. The number of thioether (sulfide) groups is 1. The van der Waals surface area contributed by atoms with Crippen LogP contribution in [0.3, 0.4) is 0 Å². The van der Waals surface area contributed by atoms with Crippen molar-refractivity contribution in [3.63, 3.8) is 0 Å². The van der Waals surface area contributed by atoms with Crippen molar-refractivity contribution in [2.45, 2.75) is 13.1 Å². The van der Waals surface area contributed by atoms with E-state index in [1.807, 2.05) is 43.4 Å². The van der Waals surface area contributed by atoms with Gasteiger partial charge in [0.15, 0.2) is 0 Å². The van der Waals surface area contributed by atoms with Crippen LogP contribution in [0.25, 0.3) is 17.1 Å². The highest BCUT2D eigenvalue weighted by molar-refractivity contribution is 8.03. The molecular weight excluding hydrogens is 385 g/mol. The molecule has 0 aliphatic heterocycles. The van der Waals surface area contributed by atoms with Crippen LogP contribution in [0.2, 0.25) is 0 Å². The van der Waals surface area contributed by atoms with Gasteiger partial charge in [-0.25, -0.2) is 9.97 Å². The number of rotatable bonds is 4. The molecule has 0 unspecified atom stereocenters. The fourth-order valence-corrected chi connectivity index (χ4v) is 3.51. The van der Waals surface area contributed by atoms with E-state index >= 15 is 0 Å². The topological polar surface area (TPSA) is 43.1 Å². The first-order chi connectivity index (χ1) is 13.3. The summed E-state index contributed by atoms with van der Waals surface area (Å²) in [6.07, 6.45) is 8.36. The fourth-order valence-electron chi connectivity index (χ4n) is 2.78. The summed E-state index contributed by atoms with van der Waals surface area (Å²) in [5.41, 5.74) is 1.71. The normalized spacial score (nSPS) is 18.0. The summed E-state index contributed by atoms with van der Waals surface area (Å²) in [6, 6.07) is 0.980. The minimum Gasteiger partial charge on any atom is -0.326 e. The number of hydrogen-bond donors (Lipinski definition) is 0. The predicted octanol–water partition coefficient (Wildman–Crippen LogP) is 5.20. The van der Waals surface area contributed by atoms with Crippen molar-refractivity contribution < 1.29 is 13.2 Å². The van der Waals surface area contributed by atoms with Crippen LogP contribution in [0, 0.1) is 0 Å². The Morgan fingerprint density at radius 1 is 1.29 bits per heavy atom. The van der Waals surface area contributed by atoms with E-state index in [0.29, 0.717) is 11.3 Å². The molecule has 0 saturated heterocycles. The zero-order chi connectivity index (χ0) is 20.3. The first kappa shape index (κ1) is 20.1. The van der Waals surface area contributed by atoms with E-state index in [1.54, 1.807) is 30.4 Å². The van der Waals surface area contributed by atoms with Gasteiger partial charge in [-0.05, 0) is 30.0 Å². The molecule has 0 aromatic carbocycles. The van der Waals surface area contributed by atoms with Crippen molar-refractivity contribution in [2.24, 2.45) is 12.0 Å². The molecular formula is C20H19F3N4S. The van der Waals surface area contributed by atoms with E-state index in [9.17, 15) is 13.2 Å². The van der Waals surface area contributed by atoms with Gasteiger partial charge in [-0.15, -0.1) is 11.8 Å². The Morgan fingerprint density at radius 2 is 2.04 bits per heavy atom. The maximum atomic E-state index is 12.9. The smallest absolute Gasteiger partial charge is 0.326 e. The molecule has 0 N–H and O–H groups in total. The molecule has 3 rings (SSSR count). The summed E-state index contributed by atoms with van der Waals surface area (Å²) >= 11 is 1.63. The lowest BCUT2D eigenvalue weighted by atomic mass is 10.0. The Labute approximate surface area is 165 Å². The van der Waals surface area contributed by atoms with Gasteiger partial charge < -0.3 is 4.57 Å². The maximum Gasteiger partial charge on any atom is 0.433 e. The lowest BCUT2D eigenvalue weighted by molar-refractivity contribution is -0.141. The highest BCUT2D eigenvalue weighted by Crippen LogP contribution is 2.30. The molecule has 146 valence electrons. The summed E-state index contributed by atoms with van der Waals surface area (Å²) in [4.78, 5) is 13.1. The van der Waals surface area contributed by atoms with Crippen LogP contribution >= 0.6 is 11.8 Å². The Balaban J connectivity index is 2.05. The van der Waals surface area contributed by atoms with Crippen LogP contribution in [0.4, 0.5) is 13.2 Å². The van der Waals surface area contributed by atoms with Crippen molar-refractivity contribution in [3.8, 4) is 0 Å². The van der Waals surface area contributed by atoms with Crippen LogP contribution in [0.15, 0.2) is 58.1 Å². The summed E-state index contributed by atoms with van der Waals surface area (Å²) in [6.45, 7) is 2.04. The van der Waals surface area contributed by atoms with E-state index in [4.69, 9.17) is 0 Å². The molecule has 2 aromatic heterocycles. The van der Waals surface area contributed by atoms with Gasteiger partial charge in [-0.2, -0.15) is 13.2 Å². The number of alkyl halides is 3. The van der Waals surface area contributed by atoms with Crippen LogP contribution in [0.1, 0.15) is 18.4 Å². The lowest BCUT2D eigenvalue weighted by Crippen LogP contribution is -2.07. The summed E-state index contributed by atoms with van der Waals surface area (Å²) < 4.78 is 40.5. The first-order valence-electron chi connectivity index (χ1n) is 8.61. The van der Waals surface area contributed by atoms with Crippen molar-refractivity contribution in [3.05, 3.63) is 64.6 Å². The Hall–Kier alpha value is -2.61. The van der Waals surface area contributed by atoms with E-state index in [0.717, 1.165) is 28.0 Å². The largest absolute Gasteiger partial charge is 0.433 e. The molecule has 28 heavy (non-hydrogen) atoms. The third-order valence-electron chi connectivity index (χ3n) is 4.15. The summed E-state index contributed by atoms with van der Waals surface area (Å²) in [7, 11) is 3.50. The Kier molecular flexibility index (Phi) is 5.88. The number of nitrogens with zero attached hydrogens (tertiary/aromatic N) is 4. The number of allylic oxidation sites excluding steroid dienone is 6. The zero-order valence-corrected chi connectivity index (χ0v) is 16.5. The van der Waals surface area contributed by atoms with Crippen LogP contribution < -0.4 is 0 Å². The SMILES string of the molecule is CCSC(=C\c1nc2cc(C(F)(F)F)ncc2n1C)/C=C1/C=CC=C/C1=N/C. The van der Waals surface area contributed by atoms with Crippen LogP contribution in [0.5, 0.6) is 0 Å². The molecule has 1 aliphatic carbocycles. The van der Waals surface area contributed by atoms with Crippen molar-refractivity contribution in [2.75, 3.05) is 12.8 Å². The second-order valence-electron chi connectivity index (χ2n) is 5.99. The number of fused-ring (bicyclic) bond motifs is 1. The van der Waals surface area contributed by atoms with Gasteiger partial charge >= 0.3 is 6.18 Å². The number of halogens is 3. The molecule has 0 saturated carbocycles. The first-order valence-corrected chi connectivity index (χ1v) is 9.59. The molecule has 0 radical (unpaired) electrons. The number of hydrogen-bond acceptors (Lipinski definition) is 4. The van der Waals surface area contributed by atoms with Crippen molar-refractivity contribution in [1.82, 2.24) is 14.5 Å². The number of aromatic nitrogens is 3.